The van der Waals surface area contributed by atoms with Gasteiger partial charge in [-0.05, 0) is 26.7 Å². The highest BCUT2D eigenvalue weighted by molar-refractivity contribution is 5.95. The fourth-order valence-corrected chi connectivity index (χ4v) is 2.85. The fraction of sp³-hybridized carbons (Fsp3) is 0.733. The van der Waals surface area contributed by atoms with E-state index in [9.17, 15) is 9.90 Å². The van der Waals surface area contributed by atoms with Crippen molar-refractivity contribution >= 4 is 5.91 Å². The molecule has 1 aromatic heterocycles. The zero-order chi connectivity index (χ0) is 15.4. The van der Waals surface area contributed by atoms with Crippen LogP contribution in [0.1, 0.15) is 48.7 Å². The van der Waals surface area contributed by atoms with E-state index in [1.807, 2.05) is 20.9 Å². The van der Waals surface area contributed by atoms with Crippen molar-refractivity contribution in [1.82, 2.24) is 14.7 Å². The molecule has 118 valence electrons. The topological polar surface area (TPSA) is 67.6 Å². The van der Waals surface area contributed by atoms with Crippen molar-refractivity contribution in [1.29, 1.82) is 0 Å². The summed E-state index contributed by atoms with van der Waals surface area (Å²) in [6.07, 6.45) is 3.60. The number of ether oxygens (including phenoxy) is 1. The van der Waals surface area contributed by atoms with E-state index in [4.69, 9.17) is 4.74 Å². The highest BCUT2D eigenvalue weighted by atomic mass is 16.5. The number of nitrogens with zero attached hydrogens (tertiary/aromatic N) is 3. The minimum atomic E-state index is -0.190. The van der Waals surface area contributed by atoms with Crippen LogP contribution in [-0.4, -0.2) is 58.1 Å². The molecule has 1 amide bonds. The summed E-state index contributed by atoms with van der Waals surface area (Å²) in [7, 11) is 1.84. The van der Waals surface area contributed by atoms with E-state index in [2.05, 4.69) is 5.10 Å². The molecule has 21 heavy (non-hydrogen) atoms. The number of carbonyl (C=O) groups excluding carboxylic acids is 1. The molecule has 0 radical (unpaired) electrons. The Balaban J connectivity index is 2.27. The van der Waals surface area contributed by atoms with Gasteiger partial charge in [-0.2, -0.15) is 5.10 Å². The van der Waals surface area contributed by atoms with Crippen LogP contribution in [0.2, 0.25) is 0 Å². The van der Waals surface area contributed by atoms with Gasteiger partial charge in [0.2, 0.25) is 0 Å². The van der Waals surface area contributed by atoms with Gasteiger partial charge in [0.05, 0.1) is 23.9 Å². The number of rotatable bonds is 5. The molecule has 6 nitrogen and oxygen atoms in total. The third kappa shape index (κ3) is 3.44. The van der Waals surface area contributed by atoms with E-state index < -0.39 is 0 Å². The Morgan fingerprint density at radius 2 is 2.24 bits per heavy atom. The summed E-state index contributed by atoms with van der Waals surface area (Å²) in [6.45, 7) is 5.76. The molecule has 1 fully saturated rings. The number of likely N-dealkylation sites (N-methyl/N-ethyl adjacent to an activating group) is 1. The number of carbonyl (C=O) groups is 1. The van der Waals surface area contributed by atoms with Gasteiger partial charge in [0.25, 0.3) is 5.91 Å². The molecule has 1 saturated heterocycles. The van der Waals surface area contributed by atoms with Gasteiger partial charge in [-0.25, -0.2) is 0 Å². The fourth-order valence-electron chi connectivity index (χ4n) is 2.85. The largest absolute Gasteiger partial charge is 0.394 e. The average Bonchev–Trinajstić information content (AvgIpc) is 2.90. The second kappa shape index (κ2) is 7.04. The Kier molecular flexibility index (Phi) is 5.36. The summed E-state index contributed by atoms with van der Waals surface area (Å²) >= 11 is 0. The second-order valence-electron chi connectivity index (χ2n) is 5.61. The first-order chi connectivity index (χ1) is 10.1. The lowest BCUT2D eigenvalue weighted by atomic mass is 9.93. The first kappa shape index (κ1) is 16.0. The number of hydrogen-bond acceptors (Lipinski definition) is 4. The standard InChI is InChI=1S/C15H25N3O3/c1-4-18(11(2)10-19)15(20)13-9-17(3)16-14(13)12-5-7-21-8-6-12/h9,11-12,19H,4-8,10H2,1-3H3/t11-/m1/s1. The van der Waals surface area contributed by atoms with Crippen LogP contribution in [0.4, 0.5) is 0 Å². The Morgan fingerprint density at radius 1 is 1.57 bits per heavy atom. The summed E-state index contributed by atoms with van der Waals surface area (Å²) in [6, 6.07) is -0.190. The lowest BCUT2D eigenvalue weighted by Crippen LogP contribution is -2.40. The Morgan fingerprint density at radius 3 is 2.81 bits per heavy atom. The summed E-state index contributed by atoms with van der Waals surface area (Å²) in [5.74, 6) is 0.232. The minimum absolute atomic E-state index is 0.0353. The van der Waals surface area contributed by atoms with Crippen LogP contribution in [0.15, 0.2) is 6.20 Å². The minimum Gasteiger partial charge on any atom is -0.394 e. The van der Waals surface area contributed by atoms with Gasteiger partial charge in [-0.1, -0.05) is 0 Å². The van der Waals surface area contributed by atoms with Gasteiger partial charge >= 0.3 is 0 Å². The predicted octanol–water partition coefficient (Wildman–Crippen LogP) is 1.16. The number of aliphatic hydroxyl groups excluding tert-OH is 1. The van der Waals surface area contributed by atoms with Gasteiger partial charge in [0.15, 0.2) is 0 Å². The van der Waals surface area contributed by atoms with Crippen molar-refractivity contribution in [3.63, 3.8) is 0 Å². The van der Waals surface area contributed by atoms with E-state index in [-0.39, 0.29) is 24.5 Å². The lowest BCUT2D eigenvalue weighted by molar-refractivity contribution is 0.0624. The number of amides is 1. The molecule has 0 spiro atoms. The van der Waals surface area contributed by atoms with Crippen LogP contribution in [0.3, 0.4) is 0 Å². The SMILES string of the molecule is CCN(C(=O)c1cn(C)nc1C1CCOCC1)[C@H](C)CO. The van der Waals surface area contributed by atoms with Crippen LogP contribution in [0.25, 0.3) is 0 Å². The molecule has 0 saturated carbocycles. The van der Waals surface area contributed by atoms with Crippen LogP contribution in [-0.2, 0) is 11.8 Å². The van der Waals surface area contributed by atoms with Gasteiger partial charge in [0.1, 0.15) is 0 Å². The van der Waals surface area contributed by atoms with Crippen LogP contribution < -0.4 is 0 Å². The van der Waals surface area contributed by atoms with Crippen molar-refractivity contribution in [2.24, 2.45) is 7.05 Å². The first-order valence-electron chi connectivity index (χ1n) is 7.61. The molecule has 0 unspecified atom stereocenters. The maximum atomic E-state index is 12.8. The second-order valence-corrected chi connectivity index (χ2v) is 5.61. The predicted molar refractivity (Wildman–Crippen MR) is 79.3 cm³/mol. The van der Waals surface area contributed by atoms with E-state index in [1.165, 1.54) is 0 Å². The molecular weight excluding hydrogens is 270 g/mol. The summed E-state index contributed by atoms with van der Waals surface area (Å²) in [5.41, 5.74) is 1.53. The maximum absolute atomic E-state index is 12.8. The van der Waals surface area contributed by atoms with Crippen molar-refractivity contribution in [3.8, 4) is 0 Å². The smallest absolute Gasteiger partial charge is 0.257 e. The molecule has 6 heteroatoms. The number of aryl methyl sites for hydroxylation is 1. The Hall–Kier alpha value is -1.40. The van der Waals surface area contributed by atoms with Crippen LogP contribution in [0, 0.1) is 0 Å². The van der Waals surface area contributed by atoms with Gasteiger partial charge in [-0.15, -0.1) is 0 Å². The number of aromatic nitrogens is 2. The van der Waals surface area contributed by atoms with Crippen LogP contribution >= 0.6 is 0 Å². The lowest BCUT2D eigenvalue weighted by Gasteiger charge is -2.27. The average molecular weight is 295 g/mol. The normalized spacial score (nSPS) is 17.7. The summed E-state index contributed by atoms with van der Waals surface area (Å²) < 4.78 is 7.09. The third-order valence-corrected chi connectivity index (χ3v) is 4.09. The molecule has 1 aliphatic rings. The monoisotopic (exact) mass is 295 g/mol. The molecule has 1 aliphatic heterocycles. The molecule has 0 bridgehead atoms. The molecule has 2 heterocycles. The highest BCUT2D eigenvalue weighted by Crippen LogP contribution is 2.29. The van der Waals surface area contributed by atoms with Crippen LogP contribution in [0.5, 0.6) is 0 Å². The Bertz CT molecular complexity index is 481. The van der Waals surface area contributed by atoms with Crippen molar-refractivity contribution < 1.29 is 14.6 Å². The van der Waals surface area contributed by atoms with E-state index in [0.717, 1.165) is 31.7 Å². The molecule has 1 aromatic rings. The summed E-state index contributed by atoms with van der Waals surface area (Å²) in [4.78, 5) is 14.5. The van der Waals surface area contributed by atoms with Gasteiger partial charge in [-0.3, -0.25) is 9.48 Å². The van der Waals surface area contributed by atoms with E-state index in [1.54, 1.807) is 15.8 Å². The number of hydrogen-bond donors (Lipinski definition) is 1. The van der Waals surface area contributed by atoms with Crippen molar-refractivity contribution in [3.05, 3.63) is 17.5 Å². The highest BCUT2D eigenvalue weighted by Gasteiger charge is 2.28. The molecule has 1 atom stereocenters. The first-order valence-corrected chi connectivity index (χ1v) is 7.61. The Labute approximate surface area is 125 Å². The molecule has 0 aliphatic carbocycles. The maximum Gasteiger partial charge on any atom is 0.257 e. The van der Waals surface area contributed by atoms with E-state index in [0.29, 0.717) is 12.1 Å². The molecule has 1 N–H and O–H groups in total. The summed E-state index contributed by atoms with van der Waals surface area (Å²) in [5, 5.41) is 13.8. The van der Waals surface area contributed by atoms with E-state index >= 15 is 0 Å². The zero-order valence-corrected chi connectivity index (χ0v) is 13.1. The van der Waals surface area contributed by atoms with Gasteiger partial charge < -0.3 is 14.7 Å². The quantitative estimate of drug-likeness (QED) is 0.885. The third-order valence-electron chi connectivity index (χ3n) is 4.09. The molecule has 0 aromatic carbocycles. The van der Waals surface area contributed by atoms with Crippen molar-refractivity contribution in [2.45, 2.75) is 38.6 Å². The van der Waals surface area contributed by atoms with Crippen molar-refractivity contribution in [2.75, 3.05) is 26.4 Å². The van der Waals surface area contributed by atoms with Gasteiger partial charge in [0, 0.05) is 38.9 Å². The zero-order valence-electron chi connectivity index (χ0n) is 13.1. The molecule has 2 rings (SSSR count). The molecular formula is C15H25N3O3. The number of aliphatic hydroxyl groups is 1.